The number of nitrogens with one attached hydrogen (secondary N) is 1. The van der Waals surface area contributed by atoms with Gasteiger partial charge in [-0.2, -0.15) is 0 Å². The standard InChI is InChI=1S/C27H32ClN3O2/c1-32-26-9-6-19(16-27(26)33-22-4-2-3-5-22)18-31-14-11-21(12-15-31)30-24-10-13-29-25-17-20(28)7-8-23(24)25/h6-10,13,16-17,21-22H,2-5,11-12,14-15,18H2,1H3,(H,29,30). The Hall–Kier alpha value is -2.50. The number of rotatable bonds is 7. The van der Waals surface area contributed by atoms with Gasteiger partial charge in [0, 0.05) is 48.0 Å². The minimum Gasteiger partial charge on any atom is -0.493 e. The molecule has 0 spiro atoms. The Morgan fingerprint density at radius 3 is 2.61 bits per heavy atom. The summed E-state index contributed by atoms with van der Waals surface area (Å²) < 4.78 is 11.8. The van der Waals surface area contributed by atoms with Gasteiger partial charge < -0.3 is 14.8 Å². The maximum Gasteiger partial charge on any atom is 0.161 e. The lowest BCUT2D eigenvalue weighted by atomic mass is 10.0. The topological polar surface area (TPSA) is 46.6 Å². The van der Waals surface area contributed by atoms with Gasteiger partial charge in [0.1, 0.15) is 0 Å². The summed E-state index contributed by atoms with van der Waals surface area (Å²) >= 11 is 6.13. The molecule has 0 unspecified atom stereocenters. The molecule has 6 heteroatoms. The van der Waals surface area contributed by atoms with Gasteiger partial charge in [0.25, 0.3) is 0 Å². The SMILES string of the molecule is COc1ccc(CN2CCC(Nc3ccnc4cc(Cl)ccc34)CC2)cc1OC1CCCC1. The predicted molar refractivity (Wildman–Crippen MR) is 135 cm³/mol. The number of halogens is 1. The van der Waals surface area contributed by atoms with E-state index in [4.69, 9.17) is 21.1 Å². The average Bonchev–Trinajstić information content (AvgIpc) is 3.34. The fourth-order valence-electron chi connectivity index (χ4n) is 5.06. The number of piperidine rings is 1. The van der Waals surface area contributed by atoms with E-state index >= 15 is 0 Å². The largest absolute Gasteiger partial charge is 0.493 e. The number of ether oxygens (including phenoxy) is 2. The zero-order valence-corrected chi connectivity index (χ0v) is 20.0. The first-order valence-corrected chi connectivity index (χ1v) is 12.4. The molecule has 33 heavy (non-hydrogen) atoms. The minimum absolute atomic E-state index is 0.330. The molecule has 5 nitrogen and oxygen atoms in total. The molecule has 0 bridgehead atoms. The molecule has 5 rings (SSSR count). The Morgan fingerprint density at radius 2 is 1.82 bits per heavy atom. The van der Waals surface area contributed by atoms with Crippen molar-refractivity contribution in [2.75, 3.05) is 25.5 Å². The highest BCUT2D eigenvalue weighted by Crippen LogP contribution is 2.33. The van der Waals surface area contributed by atoms with Gasteiger partial charge in [-0.1, -0.05) is 17.7 Å². The first-order chi connectivity index (χ1) is 16.2. The highest BCUT2D eigenvalue weighted by molar-refractivity contribution is 6.31. The summed E-state index contributed by atoms with van der Waals surface area (Å²) in [7, 11) is 1.72. The highest BCUT2D eigenvalue weighted by Gasteiger charge is 2.22. The van der Waals surface area contributed by atoms with E-state index < -0.39 is 0 Å². The van der Waals surface area contributed by atoms with Crippen LogP contribution >= 0.6 is 11.6 Å². The van der Waals surface area contributed by atoms with Gasteiger partial charge in [-0.15, -0.1) is 0 Å². The number of hydrogen-bond acceptors (Lipinski definition) is 5. The summed E-state index contributed by atoms with van der Waals surface area (Å²) in [5.74, 6) is 1.72. The number of fused-ring (bicyclic) bond motifs is 1. The molecule has 0 amide bonds. The molecule has 2 aromatic carbocycles. The molecule has 3 aromatic rings. The second-order valence-corrected chi connectivity index (χ2v) is 9.66. The van der Waals surface area contributed by atoms with Crippen LogP contribution in [0.5, 0.6) is 11.5 Å². The smallest absolute Gasteiger partial charge is 0.161 e. The molecule has 1 saturated carbocycles. The van der Waals surface area contributed by atoms with Crippen LogP contribution < -0.4 is 14.8 Å². The van der Waals surface area contributed by atoms with E-state index in [1.807, 2.05) is 18.3 Å². The third kappa shape index (κ3) is 5.36. The normalized spacial score (nSPS) is 18.0. The van der Waals surface area contributed by atoms with E-state index in [-0.39, 0.29) is 0 Å². The second-order valence-electron chi connectivity index (χ2n) is 9.22. The van der Waals surface area contributed by atoms with Crippen LogP contribution in [0.25, 0.3) is 10.9 Å². The van der Waals surface area contributed by atoms with Crippen molar-refractivity contribution in [2.24, 2.45) is 0 Å². The zero-order valence-electron chi connectivity index (χ0n) is 19.2. The number of methoxy groups -OCH3 is 1. The van der Waals surface area contributed by atoms with E-state index in [1.165, 1.54) is 18.4 Å². The predicted octanol–water partition coefficient (Wildman–Crippen LogP) is 6.29. The molecule has 2 aliphatic rings. The van der Waals surface area contributed by atoms with Crippen molar-refractivity contribution in [3.05, 3.63) is 59.2 Å². The van der Waals surface area contributed by atoms with Crippen LogP contribution in [-0.2, 0) is 6.54 Å². The summed E-state index contributed by atoms with van der Waals surface area (Å²) in [5, 5.41) is 5.59. The third-order valence-electron chi connectivity index (χ3n) is 6.88. The molecule has 1 aliphatic heterocycles. The van der Waals surface area contributed by atoms with Crippen molar-refractivity contribution in [2.45, 2.75) is 57.2 Å². The van der Waals surface area contributed by atoms with Gasteiger partial charge >= 0.3 is 0 Å². The molecule has 174 valence electrons. The van der Waals surface area contributed by atoms with Gasteiger partial charge in [-0.3, -0.25) is 9.88 Å². The van der Waals surface area contributed by atoms with Gasteiger partial charge in [0.05, 0.1) is 18.7 Å². The zero-order chi connectivity index (χ0) is 22.6. The third-order valence-corrected chi connectivity index (χ3v) is 7.12. The summed E-state index contributed by atoms with van der Waals surface area (Å²) in [6.07, 6.45) is 9.22. The summed E-state index contributed by atoms with van der Waals surface area (Å²) in [5.41, 5.74) is 3.35. The molecule has 2 heterocycles. The Bertz CT molecular complexity index is 1090. The van der Waals surface area contributed by atoms with Gasteiger partial charge in [0.15, 0.2) is 11.5 Å². The average molecular weight is 466 g/mol. The highest BCUT2D eigenvalue weighted by atomic mass is 35.5. The van der Waals surface area contributed by atoms with Crippen LogP contribution in [-0.4, -0.2) is 42.2 Å². The quantitative estimate of drug-likeness (QED) is 0.444. The number of pyridine rings is 1. The molecular weight excluding hydrogens is 434 g/mol. The molecular formula is C27H32ClN3O2. The molecule has 0 radical (unpaired) electrons. The van der Waals surface area contributed by atoms with E-state index in [0.29, 0.717) is 12.1 Å². The maximum atomic E-state index is 6.29. The number of anilines is 1. The van der Waals surface area contributed by atoms with E-state index in [1.54, 1.807) is 7.11 Å². The Labute approximate surface area is 201 Å². The van der Waals surface area contributed by atoms with Crippen LogP contribution in [0, 0.1) is 0 Å². The number of benzene rings is 2. The monoisotopic (exact) mass is 465 g/mol. The van der Waals surface area contributed by atoms with Crippen LogP contribution in [0.3, 0.4) is 0 Å². The first-order valence-electron chi connectivity index (χ1n) is 12.0. The molecule has 2 fully saturated rings. The second kappa shape index (κ2) is 10.2. The maximum absolute atomic E-state index is 6.29. The lowest BCUT2D eigenvalue weighted by Crippen LogP contribution is -2.38. The van der Waals surface area contributed by atoms with Crippen molar-refractivity contribution in [1.82, 2.24) is 9.88 Å². The van der Waals surface area contributed by atoms with Gasteiger partial charge in [-0.05, 0) is 80.5 Å². The summed E-state index contributed by atoms with van der Waals surface area (Å²) in [4.78, 5) is 6.99. The molecule has 1 saturated heterocycles. The number of likely N-dealkylation sites (tertiary alicyclic amines) is 1. The van der Waals surface area contributed by atoms with Crippen molar-refractivity contribution in [3.8, 4) is 11.5 Å². The summed E-state index contributed by atoms with van der Waals surface area (Å²) in [6.45, 7) is 3.07. The van der Waals surface area contributed by atoms with Crippen LogP contribution in [0.4, 0.5) is 5.69 Å². The van der Waals surface area contributed by atoms with Crippen molar-refractivity contribution < 1.29 is 9.47 Å². The van der Waals surface area contributed by atoms with E-state index in [9.17, 15) is 0 Å². The van der Waals surface area contributed by atoms with Crippen LogP contribution in [0.1, 0.15) is 44.1 Å². The van der Waals surface area contributed by atoms with E-state index in [2.05, 4.69) is 45.5 Å². The number of hydrogen-bond donors (Lipinski definition) is 1. The van der Waals surface area contributed by atoms with Gasteiger partial charge in [0.2, 0.25) is 0 Å². The van der Waals surface area contributed by atoms with Crippen molar-refractivity contribution in [1.29, 1.82) is 0 Å². The molecule has 1 aromatic heterocycles. The Morgan fingerprint density at radius 1 is 1.00 bits per heavy atom. The fourth-order valence-corrected chi connectivity index (χ4v) is 5.22. The fraction of sp³-hybridized carbons (Fsp3) is 0.444. The van der Waals surface area contributed by atoms with Crippen LogP contribution in [0.15, 0.2) is 48.7 Å². The number of aromatic nitrogens is 1. The Balaban J connectivity index is 1.19. The molecule has 1 aliphatic carbocycles. The molecule has 1 N–H and O–H groups in total. The number of nitrogens with zero attached hydrogens (tertiary/aromatic N) is 2. The van der Waals surface area contributed by atoms with E-state index in [0.717, 1.165) is 78.4 Å². The lowest BCUT2D eigenvalue weighted by Gasteiger charge is -2.33. The van der Waals surface area contributed by atoms with Crippen molar-refractivity contribution in [3.63, 3.8) is 0 Å². The van der Waals surface area contributed by atoms with Crippen molar-refractivity contribution >= 4 is 28.2 Å². The first kappa shape index (κ1) is 22.3. The van der Waals surface area contributed by atoms with Crippen LogP contribution in [0.2, 0.25) is 5.02 Å². The van der Waals surface area contributed by atoms with Gasteiger partial charge in [-0.25, -0.2) is 0 Å². The summed E-state index contributed by atoms with van der Waals surface area (Å²) in [6, 6.07) is 14.8. The minimum atomic E-state index is 0.330. The molecule has 0 atom stereocenters. The Kier molecular flexibility index (Phi) is 6.88. The lowest BCUT2D eigenvalue weighted by molar-refractivity contribution is 0.197.